The molecule has 210 valence electrons. The number of H-pyrrole nitrogens is 1. The van der Waals surface area contributed by atoms with E-state index in [4.69, 9.17) is 9.84 Å². The molecule has 9 nitrogen and oxygen atoms in total. The van der Waals surface area contributed by atoms with Crippen LogP contribution in [0.3, 0.4) is 0 Å². The second-order valence-electron chi connectivity index (χ2n) is 10.3. The van der Waals surface area contributed by atoms with Gasteiger partial charge in [-0.3, -0.25) is 14.6 Å². The monoisotopic (exact) mass is 542 g/mol. The van der Waals surface area contributed by atoms with Gasteiger partial charge in [0.15, 0.2) is 0 Å². The molecule has 3 N–H and O–H groups in total. The molecule has 0 unspecified atom stereocenters. The lowest BCUT2D eigenvalue weighted by Crippen LogP contribution is -2.46. The summed E-state index contributed by atoms with van der Waals surface area (Å²) in [5, 5.41) is 13.2. The number of piperazine rings is 1. The Bertz CT molecular complexity index is 1350. The smallest absolute Gasteiger partial charge is 0.303 e. The van der Waals surface area contributed by atoms with Crippen LogP contribution in [0.1, 0.15) is 24.0 Å². The number of carboxylic acids is 1. The molecule has 1 aliphatic heterocycles. The number of aromatic amines is 1. The summed E-state index contributed by atoms with van der Waals surface area (Å²) in [6, 6.07) is 21.4. The number of rotatable bonds is 14. The van der Waals surface area contributed by atoms with Gasteiger partial charge in [0.05, 0.1) is 12.0 Å². The summed E-state index contributed by atoms with van der Waals surface area (Å²) in [5.74, 6) is 0.0860. The van der Waals surface area contributed by atoms with Gasteiger partial charge in [0.2, 0.25) is 0 Å². The number of hydrogen-bond donors (Lipinski definition) is 3. The quantitative estimate of drug-likeness (QED) is 0.203. The minimum Gasteiger partial charge on any atom is -0.481 e. The molecular weight excluding hydrogens is 504 g/mol. The topological polar surface area (TPSA) is 107 Å². The molecule has 3 heterocycles. The summed E-state index contributed by atoms with van der Waals surface area (Å²) in [5.41, 5.74) is 5.60. The van der Waals surface area contributed by atoms with E-state index in [1.165, 1.54) is 11.1 Å². The molecule has 1 aliphatic rings. The number of nitrogens with zero attached hydrogens (tertiary/aromatic N) is 4. The number of ether oxygens (including phenoxy) is 1. The zero-order chi connectivity index (χ0) is 27.6. The Labute approximate surface area is 235 Å². The Morgan fingerprint density at radius 3 is 2.50 bits per heavy atom. The van der Waals surface area contributed by atoms with E-state index < -0.39 is 5.97 Å². The number of aromatic nitrogens is 3. The predicted octanol–water partition coefficient (Wildman–Crippen LogP) is 4.28. The minimum atomic E-state index is -0.765. The Kier molecular flexibility index (Phi) is 9.73. The maximum Gasteiger partial charge on any atom is 0.303 e. The molecular formula is C31H38N6O3. The molecule has 0 radical (unpaired) electrons. The van der Waals surface area contributed by atoms with E-state index >= 15 is 0 Å². The van der Waals surface area contributed by atoms with Crippen molar-refractivity contribution in [2.75, 3.05) is 57.8 Å². The number of anilines is 1. The van der Waals surface area contributed by atoms with E-state index in [2.05, 4.69) is 84.7 Å². The lowest BCUT2D eigenvalue weighted by molar-refractivity contribution is -0.137. The third-order valence-corrected chi connectivity index (χ3v) is 7.34. The summed E-state index contributed by atoms with van der Waals surface area (Å²) in [6.07, 6.45) is 3.28. The molecule has 4 aromatic rings. The molecule has 1 saturated heterocycles. The zero-order valence-corrected chi connectivity index (χ0v) is 22.9. The van der Waals surface area contributed by atoms with Gasteiger partial charge >= 0.3 is 5.97 Å². The second-order valence-corrected chi connectivity index (χ2v) is 10.3. The van der Waals surface area contributed by atoms with E-state index in [9.17, 15) is 4.79 Å². The van der Waals surface area contributed by atoms with Crippen LogP contribution in [0.25, 0.3) is 22.3 Å². The average molecular weight is 543 g/mol. The lowest BCUT2D eigenvalue weighted by Gasteiger charge is -2.34. The molecule has 0 amide bonds. The van der Waals surface area contributed by atoms with Crippen LogP contribution in [0.4, 0.5) is 5.82 Å². The molecule has 2 aromatic carbocycles. The number of nitrogens with one attached hydrogen (secondary N) is 2. The molecule has 0 saturated carbocycles. The van der Waals surface area contributed by atoms with Crippen LogP contribution >= 0.6 is 0 Å². The van der Waals surface area contributed by atoms with Crippen LogP contribution < -0.4 is 5.32 Å². The third kappa shape index (κ3) is 7.88. The van der Waals surface area contributed by atoms with Crippen molar-refractivity contribution in [3.05, 3.63) is 78.1 Å². The lowest BCUT2D eigenvalue weighted by atomic mass is 10.1. The van der Waals surface area contributed by atoms with Gasteiger partial charge in [0.1, 0.15) is 17.8 Å². The standard InChI is InChI=1S/C31H38N6O3/c38-29(39)7-4-19-40-20-18-36-14-16-37(17-15-36)22-25-8-10-26(11-9-25)28-21-27-30(33-23-34-31(27)35-28)32-13-12-24-5-2-1-3-6-24/h1-3,5-6,8-11,21,23H,4,7,12-20,22H2,(H,38,39)(H2,32,33,34,35). The number of benzene rings is 2. The summed E-state index contributed by atoms with van der Waals surface area (Å²) in [6.45, 7) is 7.92. The van der Waals surface area contributed by atoms with Gasteiger partial charge in [-0.25, -0.2) is 9.97 Å². The summed E-state index contributed by atoms with van der Waals surface area (Å²) < 4.78 is 5.58. The van der Waals surface area contributed by atoms with E-state index in [1.807, 2.05) is 6.07 Å². The zero-order valence-electron chi connectivity index (χ0n) is 22.9. The first-order valence-corrected chi connectivity index (χ1v) is 14.1. The van der Waals surface area contributed by atoms with Crippen molar-refractivity contribution in [2.45, 2.75) is 25.8 Å². The van der Waals surface area contributed by atoms with Gasteiger partial charge in [0.25, 0.3) is 0 Å². The van der Waals surface area contributed by atoms with Gasteiger partial charge in [-0.15, -0.1) is 0 Å². The van der Waals surface area contributed by atoms with Crippen molar-refractivity contribution >= 4 is 22.8 Å². The molecule has 5 rings (SSSR count). The van der Waals surface area contributed by atoms with E-state index in [0.29, 0.717) is 19.6 Å². The highest BCUT2D eigenvalue weighted by molar-refractivity contribution is 5.91. The molecule has 40 heavy (non-hydrogen) atoms. The molecule has 0 aliphatic carbocycles. The fraction of sp³-hybridized carbons (Fsp3) is 0.387. The number of aliphatic carboxylic acids is 1. The SMILES string of the molecule is O=C(O)CCCOCCN1CCN(Cc2ccc(-c3cc4c(NCCc5ccccc5)ncnc4[nH]3)cc2)CC1. The first-order valence-electron chi connectivity index (χ1n) is 14.1. The van der Waals surface area contributed by atoms with Crippen molar-refractivity contribution < 1.29 is 14.6 Å². The molecule has 2 aromatic heterocycles. The van der Waals surface area contributed by atoms with E-state index in [-0.39, 0.29) is 6.42 Å². The highest BCUT2D eigenvalue weighted by atomic mass is 16.5. The van der Waals surface area contributed by atoms with Crippen molar-refractivity contribution in [1.29, 1.82) is 0 Å². The average Bonchev–Trinajstić information content (AvgIpc) is 3.42. The third-order valence-electron chi connectivity index (χ3n) is 7.34. The summed E-state index contributed by atoms with van der Waals surface area (Å²) in [7, 11) is 0. The fourth-order valence-electron chi connectivity index (χ4n) is 5.05. The van der Waals surface area contributed by atoms with Crippen molar-refractivity contribution in [3.63, 3.8) is 0 Å². The minimum absolute atomic E-state index is 0.171. The van der Waals surface area contributed by atoms with Crippen molar-refractivity contribution in [3.8, 4) is 11.3 Å². The number of carbonyl (C=O) groups is 1. The van der Waals surface area contributed by atoms with E-state index in [1.54, 1.807) is 6.33 Å². The summed E-state index contributed by atoms with van der Waals surface area (Å²) >= 11 is 0. The molecule has 0 spiro atoms. The molecule has 1 fully saturated rings. The van der Waals surface area contributed by atoms with Gasteiger partial charge in [0, 0.05) is 64.5 Å². The van der Waals surface area contributed by atoms with Crippen LogP contribution in [-0.4, -0.2) is 88.3 Å². The Hall–Kier alpha value is -3.79. The maximum absolute atomic E-state index is 10.6. The van der Waals surface area contributed by atoms with Gasteiger partial charge in [-0.1, -0.05) is 54.6 Å². The van der Waals surface area contributed by atoms with Crippen LogP contribution in [0.2, 0.25) is 0 Å². The first-order chi connectivity index (χ1) is 19.6. The van der Waals surface area contributed by atoms with Gasteiger partial charge in [-0.05, 0) is 35.6 Å². The highest BCUT2D eigenvalue weighted by Crippen LogP contribution is 2.27. The van der Waals surface area contributed by atoms with Crippen molar-refractivity contribution in [1.82, 2.24) is 24.8 Å². The molecule has 0 bridgehead atoms. The maximum atomic E-state index is 10.6. The number of hydrogen-bond acceptors (Lipinski definition) is 7. The number of carboxylic acid groups (broad SMARTS) is 1. The van der Waals surface area contributed by atoms with Crippen LogP contribution in [0.5, 0.6) is 0 Å². The fourth-order valence-corrected chi connectivity index (χ4v) is 5.05. The van der Waals surface area contributed by atoms with Gasteiger partial charge < -0.3 is 20.1 Å². The largest absolute Gasteiger partial charge is 0.481 e. The second kappa shape index (κ2) is 14.0. The van der Waals surface area contributed by atoms with Crippen LogP contribution in [0, 0.1) is 0 Å². The Morgan fingerprint density at radius 2 is 1.73 bits per heavy atom. The molecule has 0 atom stereocenters. The van der Waals surface area contributed by atoms with Crippen molar-refractivity contribution in [2.24, 2.45) is 0 Å². The first kappa shape index (κ1) is 27.8. The molecule has 9 heteroatoms. The van der Waals surface area contributed by atoms with Gasteiger partial charge in [-0.2, -0.15) is 0 Å². The normalized spacial score (nSPS) is 14.5. The number of fused-ring (bicyclic) bond motifs is 1. The van der Waals surface area contributed by atoms with E-state index in [0.717, 1.165) is 80.3 Å². The highest BCUT2D eigenvalue weighted by Gasteiger charge is 2.17. The Balaban J connectivity index is 1.09. The van der Waals surface area contributed by atoms with Crippen LogP contribution in [0.15, 0.2) is 67.0 Å². The summed E-state index contributed by atoms with van der Waals surface area (Å²) in [4.78, 5) is 27.9. The van der Waals surface area contributed by atoms with Crippen LogP contribution in [-0.2, 0) is 22.5 Å². The Morgan fingerprint density at radius 1 is 0.950 bits per heavy atom. The predicted molar refractivity (Wildman–Crippen MR) is 157 cm³/mol.